The second kappa shape index (κ2) is 7.94. The Balaban J connectivity index is 1.94. The molecule has 3 amide bonds. The number of hydrogen-bond donors (Lipinski definition) is 1. The molecule has 0 radical (unpaired) electrons. The fourth-order valence-corrected chi connectivity index (χ4v) is 2.69. The average Bonchev–Trinajstić information content (AvgIpc) is 2.89. The Morgan fingerprint density at radius 2 is 2.04 bits per heavy atom. The van der Waals surface area contributed by atoms with Crippen molar-refractivity contribution < 1.29 is 14.0 Å². The molecule has 1 aromatic rings. The summed E-state index contributed by atoms with van der Waals surface area (Å²) in [4.78, 5) is 27.7. The zero-order valence-corrected chi connectivity index (χ0v) is 13.7. The van der Waals surface area contributed by atoms with Crippen LogP contribution in [0.3, 0.4) is 0 Å². The van der Waals surface area contributed by atoms with Gasteiger partial charge in [0.05, 0.1) is 6.04 Å². The molecular formula is C17H24FN3O2. The van der Waals surface area contributed by atoms with Gasteiger partial charge in [0.15, 0.2) is 0 Å². The first-order valence-corrected chi connectivity index (χ1v) is 8.16. The van der Waals surface area contributed by atoms with Crippen molar-refractivity contribution in [1.29, 1.82) is 0 Å². The van der Waals surface area contributed by atoms with Gasteiger partial charge in [-0.05, 0) is 37.6 Å². The Kier molecular flexibility index (Phi) is 5.96. The molecule has 1 saturated heterocycles. The van der Waals surface area contributed by atoms with Crippen molar-refractivity contribution in [3.8, 4) is 0 Å². The van der Waals surface area contributed by atoms with Gasteiger partial charge in [-0.1, -0.05) is 13.3 Å². The third kappa shape index (κ3) is 4.43. The normalized spacial score (nSPS) is 17.4. The van der Waals surface area contributed by atoms with Crippen molar-refractivity contribution in [2.24, 2.45) is 0 Å². The van der Waals surface area contributed by atoms with E-state index in [2.05, 4.69) is 12.2 Å². The van der Waals surface area contributed by atoms with Gasteiger partial charge in [-0.2, -0.15) is 0 Å². The third-order valence-corrected chi connectivity index (χ3v) is 4.04. The van der Waals surface area contributed by atoms with E-state index in [-0.39, 0.29) is 30.2 Å². The minimum Gasteiger partial charge on any atom is -0.333 e. The predicted octanol–water partition coefficient (Wildman–Crippen LogP) is 2.76. The maximum absolute atomic E-state index is 13.0. The van der Waals surface area contributed by atoms with Gasteiger partial charge in [-0.3, -0.25) is 4.79 Å². The molecule has 1 unspecified atom stereocenters. The van der Waals surface area contributed by atoms with Crippen LogP contribution in [0.5, 0.6) is 0 Å². The zero-order valence-electron chi connectivity index (χ0n) is 13.7. The smallest absolute Gasteiger partial charge is 0.317 e. The van der Waals surface area contributed by atoms with E-state index < -0.39 is 0 Å². The number of carbonyl (C=O) groups excluding carboxylic acids is 2. The van der Waals surface area contributed by atoms with Gasteiger partial charge in [-0.15, -0.1) is 0 Å². The van der Waals surface area contributed by atoms with E-state index in [1.165, 1.54) is 12.1 Å². The molecule has 0 aromatic heterocycles. The van der Waals surface area contributed by atoms with Gasteiger partial charge in [0.25, 0.3) is 0 Å². The Morgan fingerprint density at radius 1 is 1.35 bits per heavy atom. The van der Waals surface area contributed by atoms with E-state index in [0.29, 0.717) is 18.8 Å². The first-order valence-electron chi connectivity index (χ1n) is 8.16. The summed E-state index contributed by atoms with van der Waals surface area (Å²) in [5, 5.41) is 2.93. The van der Waals surface area contributed by atoms with Crippen LogP contribution in [0.25, 0.3) is 0 Å². The predicted molar refractivity (Wildman–Crippen MR) is 87.8 cm³/mol. The molecule has 1 N–H and O–H groups in total. The number of hydrogen-bond acceptors (Lipinski definition) is 2. The molecular weight excluding hydrogens is 297 g/mol. The summed E-state index contributed by atoms with van der Waals surface area (Å²) >= 11 is 0. The molecule has 1 aromatic carbocycles. The number of urea groups is 1. The van der Waals surface area contributed by atoms with Crippen LogP contribution in [0.1, 0.15) is 33.1 Å². The molecule has 1 atom stereocenters. The summed E-state index contributed by atoms with van der Waals surface area (Å²) in [6, 6.07) is 5.49. The summed E-state index contributed by atoms with van der Waals surface area (Å²) in [5.74, 6) is -0.390. The number of unbranched alkanes of at least 4 members (excludes halogenated alkanes) is 1. The van der Waals surface area contributed by atoms with Crippen molar-refractivity contribution in [3.05, 3.63) is 30.1 Å². The Hall–Kier alpha value is -2.11. The number of nitrogens with zero attached hydrogens (tertiary/aromatic N) is 2. The Labute approximate surface area is 136 Å². The molecule has 0 aliphatic carbocycles. The van der Waals surface area contributed by atoms with Gasteiger partial charge in [0.2, 0.25) is 5.91 Å². The van der Waals surface area contributed by atoms with Gasteiger partial charge >= 0.3 is 6.03 Å². The highest BCUT2D eigenvalue weighted by Crippen LogP contribution is 2.21. The van der Waals surface area contributed by atoms with Gasteiger partial charge in [-0.25, -0.2) is 9.18 Å². The summed E-state index contributed by atoms with van der Waals surface area (Å²) < 4.78 is 13.0. The van der Waals surface area contributed by atoms with Crippen LogP contribution in [0.15, 0.2) is 24.3 Å². The summed E-state index contributed by atoms with van der Waals surface area (Å²) in [6.07, 6.45) is 2.27. The summed E-state index contributed by atoms with van der Waals surface area (Å²) in [7, 11) is 0. The fourth-order valence-electron chi connectivity index (χ4n) is 2.69. The molecule has 0 saturated carbocycles. The first-order chi connectivity index (χ1) is 11.0. The maximum Gasteiger partial charge on any atom is 0.317 e. The van der Waals surface area contributed by atoms with Crippen LogP contribution in [-0.2, 0) is 4.79 Å². The van der Waals surface area contributed by atoms with Gasteiger partial charge in [0.1, 0.15) is 5.82 Å². The largest absolute Gasteiger partial charge is 0.333 e. The molecule has 1 fully saturated rings. The third-order valence-electron chi connectivity index (χ3n) is 4.04. The second-order valence-corrected chi connectivity index (χ2v) is 5.76. The Bertz CT molecular complexity index is 547. The van der Waals surface area contributed by atoms with Crippen LogP contribution in [0.4, 0.5) is 14.9 Å². The quantitative estimate of drug-likeness (QED) is 0.876. The van der Waals surface area contributed by atoms with Crippen molar-refractivity contribution in [3.63, 3.8) is 0 Å². The van der Waals surface area contributed by atoms with Crippen LogP contribution in [0, 0.1) is 5.82 Å². The minimum absolute atomic E-state index is 0.0569. The van der Waals surface area contributed by atoms with Crippen LogP contribution in [0.2, 0.25) is 0 Å². The van der Waals surface area contributed by atoms with Crippen molar-refractivity contribution in [1.82, 2.24) is 10.2 Å². The molecule has 2 rings (SSSR count). The highest BCUT2D eigenvalue weighted by Gasteiger charge is 2.32. The number of nitrogens with one attached hydrogen (secondary N) is 1. The van der Waals surface area contributed by atoms with Crippen LogP contribution in [-0.4, -0.2) is 42.5 Å². The molecule has 0 spiro atoms. The monoisotopic (exact) mass is 321 g/mol. The van der Waals surface area contributed by atoms with E-state index in [0.717, 1.165) is 19.4 Å². The number of rotatable bonds is 6. The molecule has 23 heavy (non-hydrogen) atoms. The molecule has 0 bridgehead atoms. The SMILES string of the molecule is CCCCN(CC)C(=O)NC1CC(=O)N(c2ccc(F)cc2)C1. The summed E-state index contributed by atoms with van der Waals surface area (Å²) in [6.45, 7) is 5.82. The number of benzene rings is 1. The molecule has 5 nitrogen and oxygen atoms in total. The topological polar surface area (TPSA) is 52.7 Å². The molecule has 1 aliphatic heterocycles. The first kappa shape index (κ1) is 17.2. The zero-order chi connectivity index (χ0) is 16.8. The average molecular weight is 321 g/mol. The lowest BCUT2D eigenvalue weighted by molar-refractivity contribution is -0.117. The number of anilines is 1. The molecule has 126 valence electrons. The van der Waals surface area contributed by atoms with E-state index in [9.17, 15) is 14.0 Å². The van der Waals surface area contributed by atoms with Crippen molar-refractivity contribution in [2.45, 2.75) is 39.2 Å². The lowest BCUT2D eigenvalue weighted by atomic mass is 10.2. The lowest BCUT2D eigenvalue weighted by Gasteiger charge is -2.23. The molecule has 1 heterocycles. The molecule has 6 heteroatoms. The van der Waals surface area contributed by atoms with E-state index in [1.54, 1.807) is 21.9 Å². The Morgan fingerprint density at radius 3 is 2.65 bits per heavy atom. The van der Waals surface area contributed by atoms with E-state index in [4.69, 9.17) is 0 Å². The lowest BCUT2D eigenvalue weighted by Crippen LogP contribution is -2.46. The van der Waals surface area contributed by atoms with E-state index in [1.807, 2.05) is 6.92 Å². The van der Waals surface area contributed by atoms with Crippen LogP contribution >= 0.6 is 0 Å². The van der Waals surface area contributed by atoms with Crippen molar-refractivity contribution in [2.75, 3.05) is 24.5 Å². The number of halogens is 1. The number of amides is 3. The second-order valence-electron chi connectivity index (χ2n) is 5.76. The van der Waals surface area contributed by atoms with Gasteiger partial charge in [0, 0.05) is 31.7 Å². The molecule has 1 aliphatic rings. The fraction of sp³-hybridized carbons (Fsp3) is 0.529. The highest BCUT2D eigenvalue weighted by molar-refractivity contribution is 5.96. The maximum atomic E-state index is 13.0. The standard InChI is InChI=1S/C17H24FN3O2/c1-3-5-10-20(4-2)17(23)19-14-11-16(22)21(12-14)15-8-6-13(18)7-9-15/h6-9,14H,3-5,10-12H2,1-2H3,(H,19,23). The van der Waals surface area contributed by atoms with Crippen molar-refractivity contribution >= 4 is 17.6 Å². The van der Waals surface area contributed by atoms with E-state index >= 15 is 0 Å². The highest BCUT2D eigenvalue weighted by atomic mass is 19.1. The summed E-state index contributed by atoms with van der Waals surface area (Å²) in [5.41, 5.74) is 0.659. The minimum atomic E-state index is -0.334. The van der Waals surface area contributed by atoms with Gasteiger partial charge < -0.3 is 15.1 Å². The van der Waals surface area contributed by atoms with Crippen LogP contribution < -0.4 is 10.2 Å². The number of carbonyl (C=O) groups is 2.